The molecule has 0 fully saturated rings. The van der Waals surface area contributed by atoms with Crippen molar-refractivity contribution in [2.24, 2.45) is 5.73 Å². The number of carbonyl (C=O) groups is 2. The molecule has 11 heteroatoms. The monoisotopic (exact) mass is 324 g/mol. The Kier molecular flexibility index (Phi) is 6.96. The van der Waals surface area contributed by atoms with Crippen molar-refractivity contribution in [3.05, 3.63) is 39.4 Å². The second kappa shape index (κ2) is 7.93. The minimum absolute atomic E-state index is 0.131. The molecule has 1 aromatic carbocycles. The topological polar surface area (TPSA) is 133 Å². The van der Waals surface area contributed by atoms with Crippen molar-refractivity contribution < 1.29 is 37.5 Å². The van der Waals surface area contributed by atoms with Gasteiger partial charge in [-0.05, 0) is 11.6 Å². The molecule has 0 heterocycles. The van der Waals surface area contributed by atoms with Crippen molar-refractivity contribution in [2.45, 2.75) is 12.7 Å². The van der Waals surface area contributed by atoms with E-state index in [0.717, 1.165) is 6.07 Å². The van der Waals surface area contributed by atoms with Crippen LogP contribution < -0.4 is 5.73 Å². The quantitative estimate of drug-likeness (QED) is 0.488. The van der Waals surface area contributed by atoms with Crippen molar-refractivity contribution in [3.8, 4) is 0 Å². The summed E-state index contributed by atoms with van der Waals surface area (Å²) >= 11 is 0. The van der Waals surface area contributed by atoms with Gasteiger partial charge in [-0.15, -0.1) is 0 Å². The standard InChI is InChI=1S/C9H10N2O4.C2HF3O2/c1-15-9(12)7-2-6(5-10)3-8(4-7)11(13)14;3-2(4,5)1(6)7/h2-4H,5,10H2,1H3;(H,6,7). The molecule has 1 aromatic rings. The van der Waals surface area contributed by atoms with Crippen LogP contribution >= 0.6 is 0 Å². The number of halogens is 3. The van der Waals surface area contributed by atoms with Crippen LogP contribution in [-0.2, 0) is 16.1 Å². The molecule has 0 unspecified atom stereocenters. The summed E-state index contributed by atoms with van der Waals surface area (Å²) in [6.45, 7) is 0.131. The number of carboxylic acid groups (broad SMARTS) is 1. The van der Waals surface area contributed by atoms with Crippen LogP contribution in [0.4, 0.5) is 18.9 Å². The maximum atomic E-state index is 11.2. The number of hydrogen-bond acceptors (Lipinski definition) is 6. The highest BCUT2D eigenvalue weighted by atomic mass is 19.4. The first-order chi connectivity index (χ1) is 10.0. The minimum Gasteiger partial charge on any atom is -0.475 e. The summed E-state index contributed by atoms with van der Waals surface area (Å²) in [5, 5.41) is 17.7. The van der Waals surface area contributed by atoms with Crippen molar-refractivity contribution in [2.75, 3.05) is 7.11 Å². The number of nitrogens with zero attached hydrogens (tertiary/aromatic N) is 1. The summed E-state index contributed by atoms with van der Waals surface area (Å²) < 4.78 is 36.2. The van der Waals surface area contributed by atoms with E-state index in [0.29, 0.717) is 5.56 Å². The fraction of sp³-hybridized carbons (Fsp3) is 0.273. The largest absolute Gasteiger partial charge is 0.490 e. The number of carboxylic acids is 1. The second-order valence-electron chi connectivity index (χ2n) is 3.64. The number of methoxy groups -OCH3 is 1. The zero-order chi connectivity index (χ0) is 17.5. The van der Waals surface area contributed by atoms with Gasteiger partial charge in [0.25, 0.3) is 5.69 Å². The van der Waals surface area contributed by atoms with Crippen LogP contribution in [0.5, 0.6) is 0 Å². The molecular weight excluding hydrogens is 313 g/mol. The molecule has 0 saturated carbocycles. The lowest BCUT2D eigenvalue weighted by Crippen LogP contribution is -2.21. The Morgan fingerprint density at radius 3 is 2.18 bits per heavy atom. The summed E-state index contributed by atoms with van der Waals surface area (Å²) in [5.74, 6) is -3.37. The highest BCUT2D eigenvalue weighted by Gasteiger charge is 2.38. The van der Waals surface area contributed by atoms with E-state index in [1.165, 1.54) is 19.2 Å². The molecule has 1 rings (SSSR count). The lowest BCUT2D eigenvalue weighted by atomic mass is 10.1. The molecule has 122 valence electrons. The van der Waals surface area contributed by atoms with Crippen LogP contribution in [0, 0.1) is 10.1 Å². The number of nitro benzene ring substituents is 1. The molecule has 0 aliphatic carbocycles. The molecule has 0 saturated heterocycles. The Balaban J connectivity index is 0.000000534. The van der Waals surface area contributed by atoms with Crippen molar-refractivity contribution >= 4 is 17.6 Å². The maximum Gasteiger partial charge on any atom is 0.490 e. The Bertz CT molecular complexity index is 573. The summed E-state index contributed by atoms with van der Waals surface area (Å²) in [7, 11) is 1.21. The van der Waals surface area contributed by atoms with Crippen LogP contribution in [0.2, 0.25) is 0 Å². The van der Waals surface area contributed by atoms with Crippen LogP contribution in [0.1, 0.15) is 15.9 Å². The first-order valence-electron chi connectivity index (χ1n) is 5.39. The molecule has 8 nitrogen and oxygen atoms in total. The van der Waals surface area contributed by atoms with Gasteiger partial charge in [0.15, 0.2) is 0 Å². The molecule has 0 radical (unpaired) electrons. The van der Waals surface area contributed by atoms with Gasteiger partial charge in [-0.25, -0.2) is 9.59 Å². The predicted molar refractivity (Wildman–Crippen MR) is 66.0 cm³/mol. The zero-order valence-corrected chi connectivity index (χ0v) is 11.1. The third-order valence-corrected chi connectivity index (χ3v) is 2.09. The second-order valence-corrected chi connectivity index (χ2v) is 3.64. The first kappa shape index (κ1) is 19.3. The van der Waals surface area contributed by atoms with Gasteiger partial charge < -0.3 is 15.6 Å². The van der Waals surface area contributed by atoms with E-state index >= 15 is 0 Å². The molecular formula is C11H11F3N2O6. The zero-order valence-electron chi connectivity index (χ0n) is 11.1. The molecule has 0 amide bonds. The van der Waals surface area contributed by atoms with Gasteiger partial charge in [0.1, 0.15) is 0 Å². The van der Waals surface area contributed by atoms with Crippen LogP contribution in [-0.4, -0.2) is 35.3 Å². The van der Waals surface area contributed by atoms with Crippen LogP contribution in [0.15, 0.2) is 18.2 Å². The molecule has 0 bridgehead atoms. The highest BCUT2D eigenvalue weighted by Crippen LogP contribution is 2.17. The number of nitro groups is 1. The van der Waals surface area contributed by atoms with Gasteiger partial charge in [-0.1, -0.05) is 0 Å². The van der Waals surface area contributed by atoms with E-state index in [2.05, 4.69) is 4.74 Å². The van der Waals surface area contributed by atoms with E-state index in [4.69, 9.17) is 15.6 Å². The molecule has 3 N–H and O–H groups in total. The molecule has 0 aliphatic heterocycles. The summed E-state index contributed by atoms with van der Waals surface area (Å²) in [5.41, 5.74) is 5.84. The number of carbonyl (C=O) groups excluding carboxylic acids is 1. The Labute approximate surface area is 121 Å². The van der Waals surface area contributed by atoms with Gasteiger partial charge >= 0.3 is 18.1 Å². The lowest BCUT2D eigenvalue weighted by molar-refractivity contribution is -0.384. The number of ether oxygens (including phenoxy) is 1. The molecule has 0 aliphatic rings. The molecule has 0 aromatic heterocycles. The number of alkyl halides is 3. The number of benzene rings is 1. The van der Waals surface area contributed by atoms with Crippen molar-refractivity contribution in [3.63, 3.8) is 0 Å². The Morgan fingerprint density at radius 2 is 1.86 bits per heavy atom. The smallest absolute Gasteiger partial charge is 0.475 e. The molecule has 22 heavy (non-hydrogen) atoms. The van der Waals surface area contributed by atoms with E-state index in [9.17, 15) is 28.1 Å². The normalized spacial score (nSPS) is 10.2. The summed E-state index contributed by atoms with van der Waals surface area (Å²) in [6.07, 6.45) is -5.08. The van der Waals surface area contributed by atoms with E-state index in [1.54, 1.807) is 0 Å². The number of rotatable bonds is 3. The SMILES string of the molecule is COC(=O)c1cc(CN)cc([N+](=O)[O-])c1.O=C(O)C(F)(F)F. The predicted octanol–water partition coefficient (Wildman–Crippen LogP) is 1.47. The summed E-state index contributed by atoms with van der Waals surface area (Å²) in [4.78, 5) is 30.0. The van der Waals surface area contributed by atoms with E-state index in [-0.39, 0.29) is 17.8 Å². The number of nitrogens with two attached hydrogens (primary N) is 1. The number of hydrogen-bond donors (Lipinski definition) is 2. The van der Waals surface area contributed by atoms with Crippen LogP contribution in [0.3, 0.4) is 0 Å². The molecule has 0 atom stereocenters. The third-order valence-electron chi connectivity index (χ3n) is 2.09. The fourth-order valence-electron chi connectivity index (χ4n) is 1.13. The van der Waals surface area contributed by atoms with Gasteiger partial charge in [0.05, 0.1) is 17.6 Å². The summed E-state index contributed by atoms with van der Waals surface area (Å²) in [6, 6.07) is 3.95. The number of esters is 1. The van der Waals surface area contributed by atoms with Crippen molar-refractivity contribution in [1.29, 1.82) is 0 Å². The fourth-order valence-corrected chi connectivity index (χ4v) is 1.13. The first-order valence-corrected chi connectivity index (χ1v) is 5.39. The van der Waals surface area contributed by atoms with Gasteiger partial charge in [0, 0.05) is 18.7 Å². The molecule has 0 spiro atoms. The third kappa shape index (κ3) is 6.17. The maximum absolute atomic E-state index is 11.2. The minimum atomic E-state index is -5.08. The number of aliphatic carboxylic acids is 1. The average Bonchev–Trinajstić information content (AvgIpc) is 2.45. The van der Waals surface area contributed by atoms with Gasteiger partial charge in [0.2, 0.25) is 0 Å². The van der Waals surface area contributed by atoms with E-state index in [1.807, 2.05) is 0 Å². The van der Waals surface area contributed by atoms with Gasteiger partial charge in [-0.2, -0.15) is 13.2 Å². The van der Waals surface area contributed by atoms with Crippen molar-refractivity contribution in [1.82, 2.24) is 0 Å². The lowest BCUT2D eigenvalue weighted by Gasteiger charge is -2.02. The number of non-ortho nitro benzene ring substituents is 1. The Morgan fingerprint density at radius 1 is 1.36 bits per heavy atom. The Hall–Kier alpha value is -2.69. The van der Waals surface area contributed by atoms with Crippen LogP contribution in [0.25, 0.3) is 0 Å². The van der Waals surface area contributed by atoms with E-state index < -0.39 is 23.0 Å². The highest BCUT2D eigenvalue weighted by molar-refractivity contribution is 5.90. The average molecular weight is 324 g/mol. The van der Waals surface area contributed by atoms with Gasteiger partial charge in [-0.3, -0.25) is 10.1 Å².